The Balaban J connectivity index is 2.26. The summed E-state index contributed by atoms with van der Waals surface area (Å²) in [6.45, 7) is 2.30. The number of benzene rings is 2. The number of rotatable bonds is 0. The quantitative estimate of drug-likeness (QED) is 0.598. The average molecular weight is 218 g/mol. The van der Waals surface area contributed by atoms with Crippen LogP contribution in [-0.2, 0) is 0 Å². The summed E-state index contributed by atoms with van der Waals surface area (Å²) in [5.74, 6) is 0.544. The van der Waals surface area contributed by atoms with Gasteiger partial charge in [-0.15, -0.1) is 0 Å². The van der Waals surface area contributed by atoms with E-state index >= 15 is 0 Å². The third-order valence-electron chi connectivity index (χ3n) is 4.01. The highest BCUT2D eigenvalue weighted by atomic mass is 14.3. The molecule has 0 saturated heterocycles. The molecule has 0 unspecified atom stereocenters. The summed E-state index contributed by atoms with van der Waals surface area (Å²) in [6.07, 6.45) is 8.06. The van der Waals surface area contributed by atoms with Crippen LogP contribution in [0, 0.1) is 0 Å². The first kappa shape index (κ1) is 9.23. The van der Waals surface area contributed by atoms with Crippen LogP contribution in [0.15, 0.2) is 42.5 Å². The molecule has 82 valence electrons. The number of allylic oxidation sites excluding steroid dienone is 3. The van der Waals surface area contributed by atoms with Crippen molar-refractivity contribution in [2.45, 2.75) is 19.3 Å². The summed E-state index contributed by atoms with van der Waals surface area (Å²) in [4.78, 5) is 0. The van der Waals surface area contributed by atoms with E-state index in [1.54, 1.807) is 0 Å². The minimum Gasteiger partial charge on any atom is -0.0795 e. The summed E-state index contributed by atoms with van der Waals surface area (Å²) in [7, 11) is 0. The first-order chi connectivity index (χ1) is 8.34. The Morgan fingerprint density at radius 3 is 3.00 bits per heavy atom. The van der Waals surface area contributed by atoms with E-state index in [2.05, 4.69) is 55.5 Å². The van der Waals surface area contributed by atoms with Crippen molar-refractivity contribution in [3.05, 3.63) is 59.2 Å². The molecule has 0 amide bonds. The van der Waals surface area contributed by atoms with Crippen molar-refractivity contribution in [1.82, 2.24) is 0 Å². The van der Waals surface area contributed by atoms with Gasteiger partial charge in [0.1, 0.15) is 0 Å². The Morgan fingerprint density at radius 1 is 1.12 bits per heavy atom. The second kappa shape index (κ2) is 3.10. The third-order valence-corrected chi connectivity index (χ3v) is 4.01. The van der Waals surface area contributed by atoms with Crippen molar-refractivity contribution in [2.24, 2.45) is 0 Å². The molecule has 0 heteroatoms. The van der Waals surface area contributed by atoms with Crippen molar-refractivity contribution in [3.63, 3.8) is 0 Å². The fourth-order valence-corrected chi connectivity index (χ4v) is 3.25. The lowest BCUT2D eigenvalue weighted by Crippen LogP contribution is -2.05. The van der Waals surface area contributed by atoms with Crippen LogP contribution in [-0.4, -0.2) is 0 Å². The van der Waals surface area contributed by atoms with Gasteiger partial charge < -0.3 is 0 Å². The maximum absolute atomic E-state index is 2.43. The maximum Gasteiger partial charge on any atom is 0.000209 e. The van der Waals surface area contributed by atoms with Crippen molar-refractivity contribution in [1.29, 1.82) is 0 Å². The molecule has 0 heterocycles. The van der Waals surface area contributed by atoms with Crippen LogP contribution in [0.3, 0.4) is 0 Å². The number of hydrogen-bond acceptors (Lipinski definition) is 0. The molecular weight excluding hydrogens is 204 g/mol. The van der Waals surface area contributed by atoms with Crippen LogP contribution >= 0.6 is 0 Å². The molecule has 0 aromatic heterocycles. The van der Waals surface area contributed by atoms with Gasteiger partial charge in [-0.2, -0.15) is 0 Å². The molecule has 0 N–H and O–H groups in total. The molecular formula is C17H14. The van der Waals surface area contributed by atoms with Crippen molar-refractivity contribution in [2.75, 3.05) is 0 Å². The first-order valence-corrected chi connectivity index (χ1v) is 6.28. The number of hydrogen-bond donors (Lipinski definition) is 0. The molecule has 0 fully saturated rings. The smallest absolute Gasteiger partial charge is 0.000209 e. The van der Waals surface area contributed by atoms with Crippen LogP contribution in [0.25, 0.3) is 22.4 Å². The minimum absolute atomic E-state index is 0.544. The van der Waals surface area contributed by atoms with Gasteiger partial charge in [-0.25, -0.2) is 0 Å². The lowest BCUT2D eigenvalue weighted by Gasteiger charge is -2.26. The topological polar surface area (TPSA) is 0 Å². The van der Waals surface area contributed by atoms with E-state index in [4.69, 9.17) is 0 Å². The lowest BCUT2D eigenvalue weighted by atomic mass is 9.78. The van der Waals surface area contributed by atoms with Crippen molar-refractivity contribution < 1.29 is 0 Å². The van der Waals surface area contributed by atoms with E-state index in [1.165, 1.54) is 33.0 Å². The van der Waals surface area contributed by atoms with Crippen LogP contribution in [0.2, 0.25) is 0 Å². The Labute approximate surface area is 101 Å². The average Bonchev–Trinajstić information content (AvgIpc) is 2.37. The second-order valence-electron chi connectivity index (χ2n) is 5.06. The van der Waals surface area contributed by atoms with Crippen molar-refractivity contribution in [3.8, 4) is 0 Å². The van der Waals surface area contributed by atoms with Crippen LogP contribution < -0.4 is 0 Å². The summed E-state index contributed by atoms with van der Waals surface area (Å²) in [5, 5.41) is 2.87. The molecule has 2 aliphatic carbocycles. The molecule has 0 spiro atoms. The fourth-order valence-electron chi connectivity index (χ4n) is 3.25. The summed E-state index contributed by atoms with van der Waals surface area (Å²) >= 11 is 0. The molecule has 2 aromatic carbocycles. The van der Waals surface area contributed by atoms with E-state index < -0.39 is 0 Å². The second-order valence-corrected chi connectivity index (χ2v) is 5.06. The maximum atomic E-state index is 2.43. The SMILES string of the molecule is C[C@@H]1C=C2CC=Cc3ccc4cccc1c4c32. The monoisotopic (exact) mass is 218 g/mol. The first-order valence-electron chi connectivity index (χ1n) is 6.28. The molecule has 0 nitrogen and oxygen atoms in total. The zero-order valence-electron chi connectivity index (χ0n) is 9.90. The molecule has 0 radical (unpaired) electrons. The lowest BCUT2D eigenvalue weighted by molar-refractivity contribution is 0.967. The molecule has 0 saturated carbocycles. The highest BCUT2D eigenvalue weighted by molar-refractivity contribution is 6.03. The largest absolute Gasteiger partial charge is 0.0795 e. The van der Waals surface area contributed by atoms with Gasteiger partial charge in [0, 0.05) is 5.92 Å². The van der Waals surface area contributed by atoms with Gasteiger partial charge in [-0.1, -0.05) is 55.5 Å². The van der Waals surface area contributed by atoms with E-state index in [-0.39, 0.29) is 0 Å². The zero-order valence-corrected chi connectivity index (χ0v) is 9.90. The highest BCUT2D eigenvalue weighted by Crippen LogP contribution is 2.43. The normalized spacial score (nSPS) is 20.5. The van der Waals surface area contributed by atoms with Gasteiger partial charge in [0.05, 0.1) is 0 Å². The van der Waals surface area contributed by atoms with Gasteiger partial charge in [0.2, 0.25) is 0 Å². The van der Waals surface area contributed by atoms with E-state index in [0.717, 1.165) is 6.42 Å². The van der Waals surface area contributed by atoms with Gasteiger partial charge in [0.15, 0.2) is 0 Å². The highest BCUT2D eigenvalue weighted by Gasteiger charge is 2.22. The molecule has 1 atom stereocenters. The van der Waals surface area contributed by atoms with Gasteiger partial charge >= 0.3 is 0 Å². The molecule has 0 aliphatic heterocycles. The van der Waals surface area contributed by atoms with E-state index in [9.17, 15) is 0 Å². The predicted octanol–water partition coefficient (Wildman–Crippen LogP) is 4.76. The molecule has 2 aliphatic rings. The predicted molar refractivity (Wildman–Crippen MR) is 74.0 cm³/mol. The van der Waals surface area contributed by atoms with Crippen LogP contribution in [0.1, 0.15) is 36.0 Å². The van der Waals surface area contributed by atoms with Gasteiger partial charge in [-0.05, 0) is 39.5 Å². The summed E-state index contributed by atoms with van der Waals surface area (Å²) in [5.41, 5.74) is 5.87. The van der Waals surface area contributed by atoms with Crippen LogP contribution in [0.4, 0.5) is 0 Å². The Bertz CT molecular complexity index is 686. The third kappa shape index (κ3) is 1.13. The molecule has 4 rings (SSSR count). The molecule has 0 bridgehead atoms. The zero-order chi connectivity index (χ0) is 11.4. The van der Waals surface area contributed by atoms with E-state index in [0.29, 0.717) is 5.92 Å². The molecule has 17 heavy (non-hydrogen) atoms. The van der Waals surface area contributed by atoms with Gasteiger partial charge in [0.25, 0.3) is 0 Å². The van der Waals surface area contributed by atoms with Crippen molar-refractivity contribution >= 4 is 22.4 Å². The Hall–Kier alpha value is -1.82. The van der Waals surface area contributed by atoms with Gasteiger partial charge in [-0.3, -0.25) is 0 Å². The molecule has 2 aromatic rings. The summed E-state index contributed by atoms with van der Waals surface area (Å²) < 4.78 is 0. The standard InChI is InChI=1S/C17H14/c1-11-10-14-6-2-4-12-8-9-13-5-3-7-15(11)17(13)16(12)14/h2-5,7-11H,6H2,1H3/t11-/m1/s1. The van der Waals surface area contributed by atoms with E-state index in [1.807, 2.05) is 0 Å². The van der Waals surface area contributed by atoms with Crippen LogP contribution in [0.5, 0.6) is 0 Å². The fraction of sp³-hybridized carbons (Fsp3) is 0.176. The minimum atomic E-state index is 0.544. The Kier molecular flexibility index (Phi) is 1.69. The summed E-state index contributed by atoms with van der Waals surface area (Å²) in [6, 6.07) is 11.2. The Morgan fingerprint density at radius 2 is 2.06 bits per heavy atom.